The molecule has 10 N–H and O–H groups in total. The fourth-order valence-corrected chi connectivity index (χ4v) is 5.27. The summed E-state index contributed by atoms with van der Waals surface area (Å²) in [4.78, 5) is 0. The second-order valence-electron chi connectivity index (χ2n) is 10.1. The van der Waals surface area contributed by atoms with Gasteiger partial charge >= 0.3 is 0 Å². The highest BCUT2D eigenvalue weighted by atomic mass is 16.7. The van der Waals surface area contributed by atoms with E-state index in [1.807, 2.05) is 14.0 Å². The predicted molar refractivity (Wildman–Crippen MR) is 125 cm³/mol. The molecule has 3 rings (SSSR count). The zero-order valence-corrected chi connectivity index (χ0v) is 20.9. The van der Waals surface area contributed by atoms with Gasteiger partial charge in [0.15, 0.2) is 12.6 Å². The Balaban J connectivity index is 1.72. The maximum absolute atomic E-state index is 11.3. The molecule has 0 aromatic rings. The molecule has 2 heterocycles. The lowest BCUT2D eigenvalue weighted by atomic mass is 9.83. The number of aliphatic hydroxyl groups excluding tert-OH is 2. The minimum absolute atomic E-state index is 0.0485. The van der Waals surface area contributed by atoms with Crippen molar-refractivity contribution in [1.29, 1.82) is 0 Å². The molecule has 2 aliphatic heterocycles. The molecule has 0 bridgehead atoms. The highest BCUT2D eigenvalue weighted by Gasteiger charge is 2.51. The average Bonchev–Trinajstić information content (AvgIpc) is 2.80. The van der Waals surface area contributed by atoms with Crippen molar-refractivity contribution in [1.82, 2.24) is 16.0 Å². The Morgan fingerprint density at radius 3 is 2.26 bits per heavy atom. The maximum Gasteiger partial charge on any atom is 0.185 e. The van der Waals surface area contributed by atoms with E-state index in [2.05, 4.69) is 16.0 Å². The molecule has 12 nitrogen and oxygen atoms in total. The lowest BCUT2D eigenvalue weighted by Gasteiger charge is -2.49. The highest BCUT2D eigenvalue weighted by molar-refractivity contribution is 5.02. The van der Waals surface area contributed by atoms with Crippen LogP contribution in [-0.4, -0.2) is 122 Å². The molecular weight excluding hydrogens is 446 g/mol. The first-order valence-corrected chi connectivity index (χ1v) is 12.2. The standard InChI is InChI=1S/C22H45N5O7/c1-10(25-3)14-7-6-11(23)20(32-14)34-18-13(26-4)8-12(24)17(15(18)28)33-21-16(29)19(27-5)22(2,30)9-31-21/h10-21,25-30H,6-9,23-24H2,1-5H3/t10?,11-,12-,13+,14+,15-,16-,17+,18-,19-,20-,21-,22+/m1/s1. The Kier molecular flexibility index (Phi) is 9.68. The first kappa shape index (κ1) is 28.1. The molecule has 3 fully saturated rings. The lowest BCUT2D eigenvalue weighted by Crippen LogP contribution is -2.69. The summed E-state index contributed by atoms with van der Waals surface area (Å²) in [5, 5.41) is 41.8. The van der Waals surface area contributed by atoms with Crippen molar-refractivity contribution in [3.8, 4) is 0 Å². The quantitative estimate of drug-likeness (QED) is 0.172. The van der Waals surface area contributed by atoms with Crippen LogP contribution in [0.5, 0.6) is 0 Å². The van der Waals surface area contributed by atoms with Crippen molar-refractivity contribution in [2.45, 2.75) is 112 Å². The minimum Gasteiger partial charge on any atom is -0.388 e. The Morgan fingerprint density at radius 1 is 0.971 bits per heavy atom. The molecule has 34 heavy (non-hydrogen) atoms. The molecule has 0 aromatic heterocycles. The third-order valence-corrected chi connectivity index (χ3v) is 7.57. The number of hydrogen-bond acceptors (Lipinski definition) is 12. The van der Waals surface area contributed by atoms with Crippen LogP contribution in [0, 0.1) is 0 Å². The summed E-state index contributed by atoms with van der Waals surface area (Å²) in [6.45, 7) is 3.57. The van der Waals surface area contributed by atoms with Crippen molar-refractivity contribution >= 4 is 0 Å². The average molecular weight is 492 g/mol. The fourth-order valence-electron chi connectivity index (χ4n) is 5.27. The Hall–Kier alpha value is -0.480. The van der Waals surface area contributed by atoms with E-state index < -0.39 is 54.7 Å². The lowest BCUT2D eigenvalue weighted by molar-refractivity contribution is -0.308. The second-order valence-corrected chi connectivity index (χ2v) is 10.1. The summed E-state index contributed by atoms with van der Waals surface area (Å²) < 4.78 is 24.1. The van der Waals surface area contributed by atoms with Crippen molar-refractivity contribution in [2.75, 3.05) is 27.7 Å². The SMILES string of the molecule is CNC(C)[C@@H]1CC[C@@H](N)[C@@H](O[C@H]2[C@H](O)[C@@H](O[C@H]3OC[C@](C)(O)[C@H](NC)[C@H]3O)[C@H](N)C[C@@H]2NC)O1. The summed E-state index contributed by atoms with van der Waals surface area (Å²) in [5.41, 5.74) is 11.4. The third kappa shape index (κ3) is 5.90. The zero-order valence-electron chi connectivity index (χ0n) is 20.9. The van der Waals surface area contributed by atoms with E-state index >= 15 is 0 Å². The number of nitrogens with one attached hydrogen (secondary N) is 3. The van der Waals surface area contributed by atoms with Crippen LogP contribution in [0.4, 0.5) is 0 Å². The second kappa shape index (κ2) is 11.7. The van der Waals surface area contributed by atoms with Gasteiger partial charge in [-0.2, -0.15) is 0 Å². The van der Waals surface area contributed by atoms with Crippen LogP contribution < -0.4 is 27.4 Å². The van der Waals surface area contributed by atoms with E-state index in [1.54, 1.807) is 21.0 Å². The molecule has 0 amide bonds. The first-order valence-electron chi connectivity index (χ1n) is 12.2. The van der Waals surface area contributed by atoms with Crippen molar-refractivity contribution in [2.24, 2.45) is 11.5 Å². The summed E-state index contributed by atoms with van der Waals surface area (Å²) in [7, 11) is 5.30. The van der Waals surface area contributed by atoms with Crippen LogP contribution in [0.2, 0.25) is 0 Å². The maximum atomic E-state index is 11.3. The topological polar surface area (TPSA) is 186 Å². The molecule has 1 aliphatic carbocycles. The van der Waals surface area contributed by atoms with Gasteiger partial charge in [0.05, 0.1) is 24.8 Å². The molecule has 12 heteroatoms. The van der Waals surface area contributed by atoms with Gasteiger partial charge in [0.2, 0.25) is 0 Å². The third-order valence-electron chi connectivity index (χ3n) is 7.57. The summed E-state index contributed by atoms with van der Waals surface area (Å²) in [6.07, 6.45) is -3.72. The van der Waals surface area contributed by atoms with Gasteiger partial charge in [-0.15, -0.1) is 0 Å². The summed E-state index contributed by atoms with van der Waals surface area (Å²) in [5.74, 6) is 0. The van der Waals surface area contributed by atoms with Gasteiger partial charge in [0.25, 0.3) is 0 Å². The normalized spacial score (nSPS) is 49.1. The highest BCUT2D eigenvalue weighted by Crippen LogP contribution is 2.32. The molecule has 3 aliphatic rings. The van der Waals surface area contributed by atoms with E-state index in [0.717, 1.165) is 12.8 Å². The molecule has 0 radical (unpaired) electrons. The largest absolute Gasteiger partial charge is 0.388 e. The van der Waals surface area contributed by atoms with Crippen LogP contribution in [-0.2, 0) is 18.9 Å². The molecule has 0 spiro atoms. The minimum atomic E-state index is -1.28. The van der Waals surface area contributed by atoms with E-state index in [0.29, 0.717) is 6.42 Å². The summed E-state index contributed by atoms with van der Waals surface area (Å²) >= 11 is 0. The van der Waals surface area contributed by atoms with Gasteiger partial charge in [-0.3, -0.25) is 0 Å². The van der Waals surface area contributed by atoms with Crippen LogP contribution in [0.3, 0.4) is 0 Å². The number of ether oxygens (including phenoxy) is 4. The molecule has 0 aromatic carbocycles. The van der Waals surface area contributed by atoms with Gasteiger partial charge in [0.1, 0.15) is 30.0 Å². The van der Waals surface area contributed by atoms with Crippen molar-refractivity contribution in [3.63, 3.8) is 0 Å². The number of hydrogen-bond donors (Lipinski definition) is 8. The van der Waals surface area contributed by atoms with Gasteiger partial charge in [0, 0.05) is 18.1 Å². The molecule has 1 unspecified atom stereocenters. The van der Waals surface area contributed by atoms with Gasteiger partial charge in [-0.1, -0.05) is 0 Å². The Morgan fingerprint density at radius 2 is 1.65 bits per heavy atom. The molecule has 2 saturated heterocycles. The fraction of sp³-hybridized carbons (Fsp3) is 1.00. The van der Waals surface area contributed by atoms with E-state index in [-0.39, 0.29) is 30.8 Å². The number of rotatable bonds is 8. The molecule has 1 saturated carbocycles. The molecule has 13 atom stereocenters. The van der Waals surface area contributed by atoms with Crippen molar-refractivity contribution in [3.05, 3.63) is 0 Å². The smallest absolute Gasteiger partial charge is 0.185 e. The number of aliphatic hydroxyl groups is 3. The van der Waals surface area contributed by atoms with Crippen LogP contribution in [0.15, 0.2) is 0 Å². The van der Waals surface area contributed by atoms with Crippen molar-refractivity contribution < 1.29 is 34.3 Å². The molecular formula is C22H45N5O7. The van der Waals surface area contributed by atoms with Crippen LogP contribution in [0.25, 0.3) is 0 Å². The van der Waals surface area contributed by atoms with Gasteiger partial charge in [-0.25, -0.2) is 0 Å². The van der Waals surface area contributed by atoms with E-state index in [9.17, 15) is 15.3 Å². The Labute approximate surface area is 202 Å². The first-order chi connectivity index (χ1) is 16.0. The van der Waals surface area contributed by atoms with E-state index in [1.165, 1.54) is 0 Å². The monoisotopic (exact) mass is 491 g/mol. The van der Waals surface area contributed by atoms with Gasteiger partial charge in [-0.05, 0) is 54.3 Å². The Bertz CT molecular complexity index is 647. The zero-order chi connectivity index (χ0) is 25.2. The summed E-state index contributed by atoms with van der Waals surface area (Å²) in [6, 6.07) is -1.69. The van der Waals surface area contributed by atoms with Crippen LogP contribution in [0.1, 0.15) is 33.1 Å². The number of likely N-dealkylation sites (N-methyl/N-ethyl adjacent to an activating group) is 3. The predicted octanol–water partition coefficient (Wildman–Crippen LogP) is -3.07. The molecule has 200 valence electrons. The van der Waals surface area contributed by atoms with Gasteiger partial charge < -0.3 is 61.7 Å². The van der Waals surface area contributed by atoms with E-state index in [4.69, 9.17) is 30.4 Å². The number of nitrogens with two attached hydrogens (primary N) is 2. The van der Waals surface area contributed by atoms with Crippen LogP contribution >= 0.6 is 0 Å².